The fourth-order valence-corrected chi connectivity index (χ4v) is 1.18. The maximum Gasteiger partial charge on any atom is 0.0594 e. The molecule has 104 valence electrons. The van der Waals surface area contributed by atoms with Gasteiger partial charge in [-0.3, -0.25) is 0 Å². The molecule has 0 rings (SSSR count). The van der Waals surface area contributed by atoms with Crippen LogP contribution in [-0.2, 0) is 9.47 Å². The predicted molar refractivity (Wildman–Crippen MR) is 71.6 cm³/mol. The second kappa shape index (κ2) is 12.3. The van der Waals surface area contributed by atoms with Crippen LogP contribution in [0.3, 0.4) is 0 Å². The molecule has 5 nitrogen and oxygen atoms in total. The van der Waals surface area contributed by atoms with Gasteiger partial charge in [-0.15, -0.1) is 0 Å². The Morgan fingerprint density at radius 2 is 1.35 bits per heavy atom. The Morgan fingerprint density at radius 1 is 0.824 bits per heavy atom. The van der Waals surface area contributed by atoms with Crippen molar-refractivity contribution in [2.24, 2.45) is 0 Å². The second-order valence-corrected chi connectivity index (χ2v) is 4.43. The van der Waals surface area contributed by atoms with Crippen LogP contribution in [0, 0.1) is 0 Å². The molecule has 0 aromatic heterocycles. The minimum absolute atomic E-state index is 0.781. The van der Waals surface area contributed by atoms with E-state index in [1.165, 1.54) is 0 Å². The first-order valence-electron chi connectivity index (χ1n) is 6.30. The lowest BCUT2D eigenvalue weighted by atomic mass is 10.5. The molecule has 0 aliphatic rings. The fraction of sp³-hybridized carbons (Fsp3) is 1.00. The van der Waals surface area contributed by atoms with Crippen LogP contribution >= 0.6 is 0 Å². The molecular formula is C12H29N3O2. The lowest BCUT2D eigenvalue weighted by Crippen LogP contribution is -2.28. The summed E-state index contributed by atoms with van der Waals surface area (Å²) in [4.78, 5) is 4.36. The van der Waals surface area contributed by atoms with Crippen molar-refractivity contribution in [3.63, 3.8) is 0 Å². The highest BCUT2D eigenvalue weighted by Crippen LogP contribution is 1.85. The van der Waals surface area contributed by atoms with E-state index in [1.54, 1.807) is 0 Å². The molecule has 0 aromatic carbocycles. The number of nitrogens with one attached hydrogen (secondary N) is 1. The Hall–Kier alpha value is -0.200. The average Bonchev–Trinajstić information content (AvgIpc) is 2.28. The standard InChI is InChI=1S/C12H29N3O2/c1-13-5-9-16-11-7-15(4)8-12-17-10-6-14(2)3/h13H,5-12H2,1-4H3. The molecule has 0 radical (unpaired) electrons. The molecule has 0 saturated heterocycles. The molecule has 0 spiro atoms. The predicted octanol–water partition coefficient (Wildman–Crippen LogP) is -0.268. The SMILES string of the molecule is CNCCOCCN(C)CCOCCN(C)C. The van der Waals surface area contributed by atoms with Crippen LogP contribution in [0.4, 0.5) is 0 Å². The van der Waals surface area contributed by atoms with E-state index < -0.39 is 0 Å². The quantitative estimate of drug-likeness (QED) is 0.481. The number of hydrogen-bond donors (Lipinski definition) is 1. The second-order valence-electron chi connectivity index (χ2n) is 4.43. The highest BCUT2D eigenvalue weighted by molar-refractivity contribution is 4.50. The van der Waals surface area contributed by atoms with Crippen molar-refractivity contribution in [1.82, 2.24) is 15.1 Å². The summed E-state index contributed by atoms with van der Waals surface area (Å²) in [7, 11) is 8.13. The third kappa shape index (κ3) is 13.7. The zero-order valence-corrected chi connectivity index (χ0v) is 11.9. The highest BCUT2D eigenvalue weighted by Gasteiger charge is 1.98. The van der Waals surface area contributed by atoms with Crippen LogP contribution in [0.25, 0.3) is 0 Å². The first kappa shape index (κ1) is 16.8. The Labute approximate surface area is 106 Å². The van der Waals surface area contributed by atoms with E-state index in [9.17, 15) is 0 Å². The largest absolute Gasteiger partial charge is 0.379 e. The third-order valence-electron chi connectivity index (χ3n) is 2.41. The van der Waals surface area contributed by atoms with Gasteiger partial charge in [0.05, 0.1) is 26.4 Å². The van der Waals surface area contributed by atoms with Crippen LogP contribution in [0.5, 0.6) is 0 Å². The van der Waals surface area contributed by atoms with E-state index in [0.29, 0.717) is 0 Å². The lowest BCUT2D eigenvalue weighted by Gasteiger charge is -2.17. The number of likely N-dealkylation sites (N-methyl/N-ethyl adjacent to an activating group) is 3. The molecule has 0 aliphatic heterocycles. The van der Waals surface area contributed by atoms with Gasteiger partial charge < -0.3 is 24.6 Å². The van der Waals surface area contributed by atoms with Crippen LogP contribution < -0.4 is 5.32 Å². The minimum Gasteiger partial charge on any atom is -0.379 e. The summed E-state index contributed by atoms with van der Waals surface area (Å²) in [6.07, 6.45) is 0. The molecule has 0 amide bonds. The van der Waals surface area contributed by atoms with Gasteiger partial charge in [-0.25, -0.2) is 0 Å². The Bertz CT molecular complexity index is 157. The van der Waals surface area contributed by atoms with E-state index in [4.69, 9.17) is 9.47 Å². The molecule has 0 aliphatic carbocycles. The van der Waals surface area contributed by atoms with Crippen LogP contribution in [0.15, 0.2) is 0 Å². The number of hydrogen-bond acceptors (Lipinski definition) is 5. The average molecular weight is 247 g/mol. The maximum atomic E-state index is 5.53. The summed E-state index contributed by atoms with van der Waals surface area (Å²) < 4.78 is 11.0. The normalized spacial score (nSPS) is 11.6. The van der Waals surface area contributed by atoms with Gasteiger partial charge in [0.2, 0.25) is 0 Å². The van der Waals surface area contributed by atoms with Gasteiger partial charge in [0, 0.05) is 26.2 Å². The zero-order valence-electron chi connectivity index (χ0n) is 11.9. The highest BCUT2D eigenvalue weighted by atomic mass is 16.5. The van der Waals surface area contributed by atoms with Crippen LogP contribution in [0.2, 0.25) is 0 Å². The van der Waals surface area contributed by atoms with Crippen LogP contribution in [0.1, 0.15) is 0 Å². The van der Waals surface area contributed by atoms with Crippen LogP contribution in [-0.4, -0.2) is 90.6 Å². The summed E-state index contributed by atoms with van der Waals surface area (Å²) in [5.74, 6) is 0. The van der Waals surface area contributed by atoms with E-state index in [-0.39, 0.29) is 0 Å². The summed E-state index contributed by atoms with van der Waals surface area (Å²) in [5.41, 5.74) is 0. The van der Waals surface area contributed by atoms with Gasteiger partial charge in [0.1, 0.15) is 0 Å². The summed E-state index contributed by atoms with van der Waals surface area (Å²) in [6, 6.07) is 0. The van der Waals surface area contributed by atoms with Crippen molar-refractivity contribution in [3.05, 3.63) is 0 Å². The van der Waals surface area contributed by atoms with Gasteiger partial charge >= 0.3 is 0 Å². The van der Waals surface area contributed by atoms with Crippen molar-refractivity contribution in [1.29, 1.82) is 0 Å². The zero-order chi connectivity index (χ0) is 12.9. The molecular weight excluding hydrogens is 218 g/mol. The monoisotopic (exact) mass is 247 g/mol. The van der Waals surface area contributed by atoms with E-state index >= 15 is 0 Å². The maximum absolute atomic E-state index is 5.53. The molecule has 0 fully saturated rings. The van der Waals surface area contributed by atoms with Crippen molar-refractivity contribution in [2.45, 2.75) is 0 Å². The van der Waals surface area contributed by atoms with Crippen molar-refractivity contribution >= 4 is 0 Å². The van der Waals surface area contributed by atoms with Crippen molar-refractivity contribution in [3.8, 4) is 0 Å². The van der Waals surface area contributed by atoms with Gasteiger partial charge in [-0.1, -0.05) is 0 Å². The van der Waals surface area contributed by atoms with Gasteiger partial charge in [-0.2, -0.15) is 0 Å². The lowest BCUT2D eigenvalue weighted by molar-refractivity contribution is 0.0796. The molecule has 0 bridgehead atoms. The molecule has 0 heterocycles. The van der Waals surface area contributed by atoms with E-state index in [1.807, 2.05) is 7.05 Å². The van der Waals surface area contributed by atoms with Gasteiger partial charge in [0.15, 0.2) is 0 Å². The molecule has 0 aromatic rings. The van der Waals surface area contributed by atoms with Crippen molar-refractivity contribution in [2.75, 3.05) is 80.8 Å². The molecule has 0 unspecified atom stereocenters. The summed E-state index contributed by atoms with van der Waals surface area (Å²) >= 11 is 0. The van der Waals surface area contributed by atoms with E-state index in [0.717, 1.165) is 52.6 Å². The first-order valence-corrected chi connectivity index (χ1v) is 6.30. The summed E-state index contributed by atoms with van der Waals surface area (Å²) in [6.45, 7) is 6.98. The number of nitrogens with zero attached hydrogens (tertiary/aromatic N) is 2. The Morgan fingerprint density at radius 3 is 1.88 bits per heavy atom. The molecule has 0 atom stereocenters. The third-order valence-corrected chi connectivity index (χ3v) is 2.41. The first-order chi connectivity index (χ1) is 8.16. The van der Waals surface area contributed by atoms with Crippen molar-refractivity contribution < 1.29 is 9.47 Å². The molecule has 5 heteroatoms. The van der Waals surface area contributed by atoms with Gasteiger partial charge in [0.25, 0.3) is 0 Å². The fourth-order valence-electron chi connectivity index (χ4n) is 1.18. The van der Waals surface area contributed by atoms with E-state index in [2.05, 4.69) is 36.3 Å². The molecule has 0 saturated carbocycles. The Kier molecular flexibility index (Phi) is 12.1. The number of ether oxygens (including phenoxy) is 2. The smallest absolute Gasteiger partial charge is 0.0594 e. The molecule has 1 N–H and O–H groups in total. The van der Waals surface area contributed by atoms with Gasteiger partial charge in [-0.05, 0) is 28.2 Å². The topological polar surface area (TPSA) is 37.0 Å². The minimum atomic E-state index is 0.781. The summed E-state index contributed by atoms with van der Waals surface area (Å²) in [5, 5.41) is 3.05. The Balaban J connectivity index is 3.14. The molecule has 17 heavy (non-hydrogen) atoms. The number of rotatable bonds is 12.